The average Bonchev–Trinajstić information content (AvgIpc) is 2.85. The maximum Gasteiger partial charge on any atom is 0.228 e. The van der Waals surface area contributed by atoms with Gasteiger partial charge in [0.1, 0.15) is 5.82 Å². The van der Waals surface area contributed by atoms with E-state index >= 15 is 0 Å². The van der Waals surface area contributed by atoms with Crippen molar-refractivity contribution < 1.29 is 13.2 Å². The molecule has 0 saturated carbocycles. The maximum atomic E-state index is 12.9. The Hall–Kier alpha value is -1.71. The van der Waals surface area contributed by atoms with Gasteiger partial charge in [-0.2, -0.15) is 0 Å². The minimum absolute atomic E-state index is 0. The first kappa shape index (κ1) is 28.9. The molecule has 2 fully saturated rings. The third-order valence-electron chi connectivity index (χ3n) is 7.54. The highest BCUT2D eigenvalue weighted by atomic mass is 35.5. The van der Waals surface area contributed by atoms with Gasteiger partial charge in [-0.1, -0.05) is 42.8 Å². The monoisotopic (exact) mass is 554 g/mol. The summed E-state index contributed by atoms with van der Waals surface area (Å²) in [5.74, 6) is 0.732. The lowest BCUT2D eigenvalue weighted by Crippen LogP contribution is -2.51. The van der Waals surface area contributed by atoms with E-state index in [0.717, 1.165) is 50.9 Å². The van der Waals surface area contributed by atoms with E-state index in [1.54, 1.807) is 18.1 Å². The Balaban J connectivity index is 0.00000361. The van der Waals surface area contributed by atoms with Crippen molar-refractivity contribution in [3.8, 4) is 0 Å². The van der Waals surface area contributed by atoms with Gasteiger partial charge in [-0.15, -0.1) is 0 Å². The quantitative estimate of drug-likeness (QED) is 0.489. The third kappa shape index (κ3) is 6.40. The molecule has 1 atom stereocenters. The third-order valence-corrected chi connectivity index (χ3v) is 9.62. The second kappa shape index (κ2) is 11.8. The number of carbonyl (C=O) groups is 1. The molecule has 3 heterocycles. The van der Waals surface area contributed by atoms with E-state index in [1.807, 2.05) is 36.4 Å². The van der Waals surface area contributed by atoms with E-state index in [-0.39, 0.29) is 24.8 Å². The first-order chi connectivity index (χ1) is 16.6. The van der Waals surface area contributed by atoms with Crippen molar-refractivity contribution in [2.45, 2.75) is 51.0 Å². The van der Waals surface area contributed by atoms with E-state index < -0.39 is 10.0 Å². The number of pyridine rings is 1. The number of nitrogens with zero attached hydrogens (tertiary/aromatic N) is 4. The molecule has 2 aromatic rings. The van der Waals surface area contributed by atoms with Crippen LogP contribution in [-0.4, -0.2) is 74.0 Å². The molecular formula is C26H36Cl2N4O3S. The average molecular weight is 556 g/mol. The number of aromatic nitrogens is 1. The van der Waals surface area contributed by atoms with Crippen LogP contribution >= 0.6 is 23.2 Å². The van der Waals surface area contributed by atoms with Crippen LogP contribution < -0.4 is 4.90 Å². The molecule has 4 rings (SSSR count). The number of rotatable bonds is 7. The summed E-state index contributed by atoms with van der Waals surface area (Å²) in [6.07, 6.45) is 6.57. The van der Waals surface area contributed by atoms with Crippen molar-refractivity contribution in [3.63, 3.8) is 0 Å². The summed E-state index contributed by atoms with van der Waals surface area (Å²) in [4.78, 5) is 21.5. The summed E-state index contributed by atoms with van der Waals surface area (Å²) in [5.41, 5.74) is 0.784. The van der Waals surface area contributed by atoms with Crippen LogP contribution in [0.2, 0.25) is 10.0 Å². The maximum absolute atomic E-state index is 12.9. The van der Waals surface area contributed by atoms with Gasteiger partial charge in [-0.3, -0.25) is 9.69 Å². The molecule has 36 heavy (non-hydrogen) atoms. The number of anilines is 1. The van der Waals surface area contributed by atoms with Crippen molar-refractivity contribution in [1.82, 2.24) is 14.2 Å². The van der Waals surface area contributed by atoms with Crippen LogP contribution in [0.15, 0.2) is 42.6 Å². The Bertz CT molecular complexity index is 1160. The lowest BCUT2D eigenvalue weighted by Gasteiger charge is -2.44. The van der Waals surface area contributed by atoms with Gasteiger partial charge in [-0.25, -0.2) is 17.7 Å². The number of amides is 1. The number of halogens is 2. The molecule has 0 unspecified atom stereocenters. The van der Waals surface area contributed by atoms with Gasteiger partial charge < -0.3 is 4.90 Å². The predicted molar refractivity (Wildman–Crippen MR) is 147 cm³/mol. The summed E-state index contributed by atoms with van der Waals surface area (Å²) in [5, 5.41) is 1.02. The number of piperidine rings is 2. The molecule has 0 bridgehead atoms. The Morgan fingerprint density at radius 3 is 2.47 bits per heavy atom. The van der Waals surface area contributed by atoms with E-state index in [1.165, 1.54) is 10.6 Å². The van der Waals surface area contributed by atoms with Crippen LogP contribution in [0.5, 0.6) is 0 Å². The van der Waals surface area contributed by atoms with Crippen LogP contribution in [0.4, 0.5) is 5.82 Å². The number of hydrogen-bond acceptors (Lipinski definition) is 5. The van der Waals surface area contributed by atoms with E-state index in [4.69, 9.17) is 23.2 Å². The highest BCUT2D eigenvalue weighted by Crippen LogP contribution is 2.41. The molecule has 0 aliphatic carbocycles. The Morgan fingerprint density at radius 2 is 1.86 bits per heavy atom. The van der Waals surface area contributed by atoms with Gasteiger partial charge >= 0.3 is 0 Å². The lowest BCUT2D eigenvalue weighted by atomic mass is 9.71. The molecule has 10 heteroatoms. The molecule has 1 aromatic heterocycles. The van der Waals surface area contributed by atoms with E-state index in [2.05, 4.69) is 9.88 Å². The Kier molecular flexibility index (Phi) is 9.44. The van der Waals surface area contributed by atoms with Crippen LogP contribution in [0.3, 0.4) is 0 Å². The summed E-state index contributed by atoms with van der Waals surface area (Å²) >= 11 is 12.6. The minimum atomic E-state index is -3.19. The second-order valence-corrected chi connectivity index (χ2v) is 12.5. The van der Waals surface area contributed by atoms with Crippen molar-refractivity contribution in [2.75, 3.05) is 44.4 Å². The van der Waals surface area contributed by atoms with Crippen molar-refractivity contribution in [3.05, 3.63) is 58.2 Å². The summed E-state index contributed by atoms with van der Waals surface area (Å²) in [6, 6.07) is 11.4. The van der Waals surface area contributed by atoms with Crippen molar-refractivity contribution in [1.29, 1.82) is 0 Å². The molecule has 2 saturated heterocycles. The highest BCUT2D eigenvalue weighted by molar-refractivity contribution is 7.88. The first-order valence-corrected chi connectivity index (χ1v) is 14.5. The zero-order valence-corrected chi connectivity index (χ0v) is 22.5. The summed E-state index contributed by atoms with van der Waals surface area (Å²) in [7, 11) is -1.53. The molecule has 7 nitrogen and oxygen atoms in total. The van der Waals surface area contributed by atoms with Gasteiger partial charge in [0.2, 0.25) is 15.9 Å². The molecular weight excluding hydrogens is 519 g/mol. The normalized spacial score (nSPS) is 22.0. The molecule has 1 aromatic carbocycles. The Morgan fingerprint density at radius 1 is 1.14 bits per heavy atom. The molecule has 2 aliphatic heterocycles. The van der Waals surface area contributed by atoms with Crippen LogP contribution in [-0.2, 0) is 20.2 Å². The summed E-state index contributed by atoms with van der Waals surface area (Å²) in [6.45, 7) is 3.05. The second-order valence-electron chi connectivity index (χ2n) is 9.68. The zero-order chi connectivity index (χ0) is 25.2. The SMILES string of the molecule is C.CN(C1CCN(CC[C@]2(c3ccc(Cl)c(Cl)c3)CCC(=O)N(c3ccccn3)C2)CC1)S(C)(=O)=O. The fourth-order valence-corrected chi connectivity index (χ4v) is 6.28. The molecule has 0 N–H and O–H groups in total. The van der Waals surface area contributed by atoms with Gasteiger partial charge in [0.05, 0.1) is 16.3 Å². The number of hydrogen-bond donors (Lipinski definition) is 0. The first-order valence-electron chi connectivity index (χ1n) is 11.9. The number of benzene rings is 1. The summed E-state index contributed by atoms with van der Waals surface area (Å²) < 4.78 is 25.3. The van der Waals surface area contributed by atoms with Crippen molar-refractivity contribution in [2.24, 2.45) is 0 Å². The van der Waals surface area contributed by atoms with Gasteiger partial charge in [0.25, 0.3) is 0 Å². The fraction of sp³-hybridized carbons (Fsp3) is 0.538. The van der Waals surface area contributed by atoms with Gasteiger partial charge in [0, 0.05) is 37.7 Å². The standard InChI is InChI=1S/C25H32Cl2N4O3S.CH4/c1-29(35(2,33)34)20-9-14-30(15-10-20)16-12-25(19-6-7-21(26)22(27)17-19)11-8-24(32)31(18-25)23-5-3-4-13-28-23;/h3-7,13,17,20H,8-12,14-16,18H2,1-2H3;1H4/t25-;/m1./s1. The zero-order valence-electron chi connectivity index (χ0n) is 20.2. The molecule has 1 amide bonds. The minimum Gasteiger partial charge on any atom is -0.303 e. The molecule has 2 aliphatic rings. The van der Waals surface area contributed by atoms with E-state index in [0.29, 0.717) is 28.8 Å². The highest BCUT2D eigenvalue weighted by Gasteiger charge is 2.41. The number of sulfonamides is 1. The topological polar surface area (TPSA) is 73.8 Å². The van der Waals surface area contributed by atoms with Gasteiger partial charge in [0.15, 0.2) is 0 Å². The van der Waals surface area contributed by atoms with Crippen LogP contribution in [0.25, 0.3) is 0 Å². The fourth-order valence-electron chi connectivity index (χ4n) is 5.23. The van der Waals surface area contributed by atoms with Crippen LogP contribution in [0.1, 0.15) is 45.1 Å². The number of carbonyl (C=O) groups excluding carboxylic acids is 1. The molecule has 198 valence electrons. The largest absolute Gasteiger partial charge is 0.303 e. The van der Waals surface area contributed by atoms with Gasteiger partial charge in [-0.05, 0) is 75.1 Å². The van der Waals surface area contributed by atoms with Crippen molar-refractivity contribution >= 4 is 45.0 Å². The van der Waals surface area contributed by atoms with Crippen LogP contribution in [0, 0.1) is 0 Å². The number of likely N-dealkylation sites (tertiary alicyclic amines) is 1. The Labute approximate surface area is 225 Å². The molecule has 0 radical (unpaired) electrons. The van der Waals surface area contributed by atoms with E-state index in [9.17, 15) is 13.2 Å². The lowest BCUT2D eigenvalue weighted by molar-refractivity contribution is -0.120. The predicted octanol–water partition coefficient (Wildman–Crippen LogP) is 4.84. The molecule has 0 spiro atoms. The smallest absolute Gasteiger partial charge is 0.228 e.